The molecule has 0 fully saturated rings. The molecule has 0 saturated carbocycles. The summed E-state index contributed by atoms with van der Waals surface area (Å²) in [5.41, 5.74) is 1.80. The Morgan fingerprint density at radius 3 is 2.76 bits per heavy atom. The third kappa shape index (κ3) is 3.81. The van der Waals surface area contributed by atoms with E-state index in [4.69, 9.17) is 9.84 Å². The molecule has 1 aliphatic rings. The van der Waals surface area contributed by atoms with Crippen molar-refractivity contribution < 1.29 is 23.1 Å². The van der Waals surface area contributed by atoms with Gasteiger partial charge in [-0.05, 0) is 29.7 Å². The van der Waals surface area contributed by atoms with Crippen molar-refractivity contribution >= 4 is 16.0 Å². The van der Waals surface area contributed by atoms with Crippen LogP contribution in [0.1, 0.15) is 37.3 Å². The number of ether oxygens (including phenoxy) is 1. The Balaban J connectivity index is 2.18. The molecule has 0 aliphatic carbocycles. The van der Waals surface area contributed by atoms with Crippen LogP contribution in [0.5, 0.6) is 0 Å². The predicted molar refractivity (Wildman–Crippen MR) is 76.2 cm³/mol. The van der Waals surface area contributed by atoms with E-state index in [1.807, 2.05) is 6.92 Å². The van der Waals surface area contributed by atoms with Gasteiger partial charge in [0.05, 0.1) is 18.1 Å². The Morgan fingerprint density at radius 2 is 2.10 bits per heavy atom. The molecule has 1 aliphatic heterocycles. The average molecular weight is 313 g/mol. The lowest BCUT2D eigenvalue weighted by atomic mass is 10.1. The highest BCUT2D eigenvalue weighted by atomic mass is 32.2. The molecule has 21 heavy (non-hydrogen) atoms. The molecule has 0 spiro atoms. The number of carbonyl (C=O) groups is 1. The Kier molecular flexibility index (Phi) is 4.97. The van der Waals surface area contributed by atoms with Gasteiger partial charge in [0, 0.05) is 0 Å². The summed E-state index contributed by atoms with van der Waals surface area (Å²) in [6.45, 7) is 2.79. The fourth-order valence-electron chi connectivity index (χ4n) is 2.21. The summed E-state index contributed by atoms with van der Waals surface area (Å²) in [5.74, 6) is -1.16. The van der Waals surface area contributed by atoms with E-state index in [-0.39, 0.29) is 11.3 Å². The van der Waals surface area contributed by atoms with Crippen LogP contribution >= 0.6 is 0 Å². The standard InChI is InChI=1S/C14H19NO5S/c1-2-3-4-13(14(16)17)15-21(18,19)12-6-5-10-8-20-9-11(10)7-12/h5-7,13,15H,2-4,8-9H2,1H3,(H,16,17)/t13-/m0/s1. The van der Waals surface area contributed by atoms with Crippen molar-refractivity contribution in [3.05, 3.63) is 29.3 Å². The molecule has 7 heteroatoms. The Morgan fingerprint density at radius 1 is 1.38 bits per heavy atom. The highest BCUT2D eigenvalue weighted by molar-refractivity contribution is 7.89. The lowest BCUT2D eigenvalue weighted by Gasteiger charge is -2.14. The van der Waals surface area contributed by atoms with Gasteiger partial charge < -0.3 is 9.84 Å². The predicted octanol–water partition coefficient (Wildman–Crippen LogP) is 1.64. The molecule has 1 heterocycles. The SMILES string of the molecule is CCCC[C@H](NS(=O)(=O)c1ccc2c(c1)COC2)C(=O)O. The fraction of sp³-hybridized carbons (Fsp3) is 0.500. The zero-order valence-corrected chi connectivity index (χ0v) is 12.6. The number of nitrogens with one attached hydrogen (secondary N) is 1. The zero-order chi connectivity index (χ0) is 15.5. The molecule has 2 rings (SSSR count). The van der Waals surface area contributed by atoms with Crippen LogP contribution in [-0.2, 0) is 32.8 Å². The average Bonchev–Trinajstić information content (AvgIpc) is 2.90. The van der Waals surface area contributed by atoms with Crippen LogP contribution < -0.4 is 4.72 Å². The molecule has 0 radical (unpaired) electrons. The molecule has 0 aromatic heterocycles. The molecule has 1 atom stereocenters. The van der Waals surface area contributed by atoms with Gasteiger partial charge in [-0.15, -0.1) is 0 Å². The van der Waals surface area contributed by atoms with E-state index in [1.165, 1.54) is 6.07 Å². The van der Waals surface area contributed by atoms with Gasteiger partial charge >= 0.3 is 5.97 Å². The van der Waals surface area contributed by atoms with Crippen LogP contribution in [0.3, 0.4) is 0 Å². The molecular weight excluding hydrogens is 294 g/mol. The highest BCUT2D eigenvalue weighted by Crippen LogP contribution is 2.23. The molecule has 0 bridgehead atoms. The molecular formula is C14H19NO5S. The van der Waals surface area contributed by atoms with E-state index in [0.29, 0.717) is 19.6 Å². The van der Waals surface area contributed by atoms with Gasteiger partial charge in [0.25, 0.3) is 0 Å². The van der Waals surface area contributed by atoms with Gasteiger partial charge in [0.1, 0.15) is 6.04 Å². The highest BCUT2D eigenvalue weighted by Gasteiger charge is 2.26. The minimum absolute atomic E-state index is 0.0782. The van der Waals surface area contributed by atoms with Crippen molar-refractivity contribution in [3.63, 3.8) is 0 Å². The van der Waals surface area contributed by atoms with E-state index in [2.05, 4.69) is 4.72 Å². The summed E-state index contributed by atoms with van der Waals surface area (Å²) >= 11 is 0. The van der Waals surface area contributed by atoms with E-state index in [9.17, 15) is 13.2 Å². The fourth-order valence-corrected chi connectivity index (χ4v) is 3.49. The first-order valence-electron chi connectivity index (χ1n) is 6.88. The van der Waals surface area contributed by atoms with Crippen molar-refractivity contribution in [1.82, 2.24) is 4.72 Å². The van der Waals surface area contributed by atoms with Crippen LogP contribution in [0.2, 0.25) is 0 Å². The van der Waals surface area contributed by atoms with Crippen LogP contribution in [0.4, 0.5) is 0 Å². The molecule has 0 amide bonds. The van der Waals surface area contributed by atoms with Crippen molar-refractivity contribution in [2.75, 3.05) is 0 Å². The normalized spacial score (nSPS) is 15.7. The van der Waals surface area contributed by atoms with Crippen molar-refractivity contribution in [3.8, 4) is 0 Å². The summed E-state index contributed by atoms with van der Waals surface area (Å²) in [6.07, 6.45) is 1.73. The van der Waals surface area contributed by atoms with E-state index in [0.717, 1.165) is 17.5 Å². The lowest BCUT2D eigenvalue weighted by Crippen LogP contribution is -2.40. The molecule has 2 N–H and O–H groups in total. The van der Waals surface area contributed by atoms with Gasteiger partial charge in [-0.25, -0.2) is 8.42 Å². The summed E-state index contributed by atoms with van der Waals surface area (Å²) in [5, 5.41) is 9.12. The first-order valence-corrected chi connectivity index (χ1v) is 8.37. The second-order valence-corrected chi connectivity index (χ2v) is 6.79. The number of hydrogen-bond acceptors (Lipinski definition) is 4. The zero-order valence-electron chi connectivity index (χ0n) is 11.8. The summed E-state index contributed by atoms with van der Waals surface area (Å²) in [6, 6.07) is 3.64. The summed E-state index contributed by atoms with van der Waals surface area (Å²) in [7, 11) is -3.84. The maximum atomic E-state index is 12.3. The number of rotatable bonds is 7. The number of carboxylic acids is 1. The first-order chi connectivity index (χ1) is 9.94. The molecule has 116 valence electrons. The van der Waals surface area contributed by atoms with Crippen molar-refractivity contribution in [2.24, 2.45) is 0 Å². The van der Waals surface area contributed by atoms with Crippen LogP contribution in [0.25, 0.3) is 0 Å². The van der Waals surface area contributed by atoms with Gasteiger partial charge in [-0.3, -0.25) is 4.79 Å². The molecule has 1 aromatic carbocycles. The van der Waals surface area contributed by atoms with Gasteiger partial charge in [0.2, 0.25) is 10.0 Å². The summed E-state index contributed by atoms with van der Waals surface area (Å²) in [4.78, 5) is 11.2. The molecule has 0 saturated heterocycles. The third-order valence-electron chi connectivity index (χ3n) is 3.45. The number of aliphatic carboxylic acids is 1. The molecule has 1 aromatic rings. The van der Waals surface area contributed by atoms with Crippen LogP contribution in [0, 0.1) is 0 Å². The van der Waals surface area contributed by atoms with Crippen molar-refractivity contribution in [2.45, 2.75) is 50.3 Å². The Hall–Kier alpha value is -1.44. The number of benzene rings is 1. The molecule has 0 unspecified atom stereocenters. The monoisotopic (exact) mass is 313 g/mol. The maximum absolute atomic E-state index is 12.3. The van der Waals surface area contributed by atoms with E-state index in [1.54, 1.807) is 12.1 Å². The van der Waals surface area contributed by atoms with E-state index < -0.39 is 22.0 Å². The quantitative estimate of drug-likeness (QED) is 0.798. The number of carboxylic acid groups (broad SMARTS) is 1. The van der Waals surface area contributed by atoms with Gasteiger partial charge in [-0.1, -0.05) is 25.8 Å². The van der Waals surface area contributed by atoms with Crippen LogP contribution in [0.15, 0.2) is 23.1 Å². The second kappa shape index (κ2) is 6.55. The topological polar surface area (TPSA) is 92.7 Å². The van der Waals surface area contributed by atoms with Gasteiger partial charge in [-0.2, -0.15) is 4.72 Å². The minimum atomic E-state index is -3.84. The first kappa shape index (κ1) is 15.9. The Bertz CT molecular complexity index is 626. The maximum Gasteiger partial charge on any atom is 0.321 e. The van der Waals surface area contributed by atoms with Gasteiger partial charge in [0.15, 0.2) is 0 Å². The van der Waals surface area contributed by atoms with E-state index >= 15 is 0 Å². The smallest absolute Gasteiger partial charge is 0.321 e. The number of sulfonamides is 1. The molecule has 6 nitrogen and oxygen atoms in total. The minimum Gasteiger partial charge on any atom is -0.480 e. The largest absolute Gasteiger partial charge is 0.480 e. The lowest BCUT2D eigenvalue weighted by molar-refractivity contribution is -0.139. The van der Waals surface area contributed by atoms with Crippen molar-refractivity contribution in [1.29, 1.82) is 0 Å². The second-order valence-electron chi connectivity index (χ2n) is 5.08. The Labute approximate surface area is 124 Å². The third-order valence-corrected chi connectivity index (χ3v) is 4.91. The van der Waals surface area contributed by atoms with Crippen LogP contribution in [-0.4, -0.2) is 25.5 Å². The number of hydrogen-bond donors (Lipinski definition) is 2. The summed E-state index contributed by atoms with van der Waals surface area (Å²) < 4.78 is 32.1. The number of fused-ring (bicyclic) bond motifs is 1. The number of unbranched alkanes of at least 4 members (excludes halogenated alkanes) is 1.